The third-order valence-corrected chi connectivity index (χ3v) is 5.99. The van der Waals surface area contributed by atoms with Crippen molar-refractivity contribution in [1.82, 2.24) is 0 Å². The van der Waals surface area contributed by atoms with Gasteiger partial charge in [-0.05, 0) is 35.9 Å². The molecule has 0 saturated heterocycles. The van der Waals surface area contributed by atoms with Crippen LogP contribution in [-0.4, -0.2) is 18.9 Å². The summed E-state index contributed by atoms with van der Waals surface area (Å²) in [6.07, 6.45) is 0.624. The summed E-state index contributed by atoms with van der Waals surface area (Å²) in [5, 5.41) is 8.94. The van der Waals surface area contributed by atoms with Crippen LogP contribution in [0.5, 0.6) is 0 Å². The number of rotatable bonds is 2. The molecular weight excluding hydrogens is 348 g/mol. The first-order chi connectivity index (χ1) is 12.6. The number of ether oxygens (including phenoxy) is 1. The molecule has 0 bridgehead atoms. The number of benzene rings is 1. The maximum Gasteiger partial charge on any atom is 0.316 e. The van der Waals surface area contributed by atoms with Crippen LogP contribution in [0.25, 0.3) is 0 Å². The number of hydrogen-bond donors (Lipinski definition) is 2. The number of fused-ring (bicyclic) bond motifs is 1. The number of carbonyl (C=O) groups excluding carboxylic acids is 2. The lowest BCUT2D eigenvalue weighted by Crippen LogP contribution is -2.39. The highest BCUT2D eigenvalue weighted by Crippen LogP contribution is 2.44. The van der Waals surface area contributed by atoms with Crippen molar-refractivity contribution in [1.29, 1.82) is 0 Å². The molecule has 0 radical (unpaired) electrons. The van der Waals surface area contributed by atoms with E-state index < -0.39 is 11.9 Å². The zero-order valence-electron chi connectivity index (χ0n) is 14.6. The Bertz CT molecular complexity index is 888. The smallest absolute Gasteiger partial charge is 0.316 e. The number of esters is 1. The predicted octanol–water partition coefficient (Wildman–Crippen LogP) is 3.98. The highest BCUT2D eigenvalue weighted by molar-refractivity contribution is 7.10. The Morgan fingerprint density at radius 1 is 1.19 bits per heavy atom. The summed E-state index contributed by atoms with van der Waals surface area (Å²) in [6, 6.07) is 11.6. The Morgan fingerprint density at radius 2 is 1.96 bits per heavy atom. The van der Waals surface area contributed by atoms with Crippen LogP contribution >= 0.6 is 11.3 Å². The molecule has 2 aromatic rings. The lowest BCUT2D eigenvalue weighted by Gasteiger charge is -2.32. The Balaban J connectivity index is 1.86. The van der Waals surface area contributed by atoms with Crippen LogP contribution in [0.4, 0.5) is 11.4 Å². The summed E-state index contributed by atoms with van der Waals surface area (Å²) in [4.78, 5) is 26.6. The van der Waals surface area contributed by atoms with Gasteiger partial charge >= 0.3 is 5.97 Å². The quantitative estimate of drug-likeness (QED) is 0.620. The van der Waals surface area contributed by atoms with Crippen molar-refractivity contribution in [2.45, 2.75) is 19.4 Å². The number of para-hydroxylation sites is 2. The third kappa shape index (κ3) is 2.70. The monoisotopic (exact) mass is 368 g/mol. The zero-order valence-corrected chi connectivity index (χ0v) is 15.4. The van der Waals surface area contributed by atoms with Crippen LogP contribution in [0, 0.1) is 11.8 Å². The molecule has 0 unspecified atom stereocenters. The van der Waals surface area contributed by atoms with Crippen LogP contribution in [0.2, 0.25) is 0 Å². The number of methoxy groups -OCH3 is 1. The van der Waals surface area contributed by atoms with Gasteiger partial charge in [-0.1, -0.05) is 25.1 Å². The van der Waals surface area contributed by atoms with E-state index in [2.05, 4.69) is 10.6 Å². The second-order valence-electron chi connectivity index (χ2n) is 6.70. The summed E-state index contributed by atoms with van der Waals surface area (Å²) in [6.45, 7) is 1.93. The standard InChI is InChI=1S/C20H20N2O3S/c1-11-10-14-17(19(23)16(11)20(24)25-2)18(15-8-5-9-26-15)22-13-7-4-3-6-12(13)21-14/h3-9,11,16,18,21-22H,10H2,1-2H3/t11-,16+,18-/m1/s1. The van der Waals surface area contributed by atoms with E-state index in [1.165, 1.54) is 7.11 Å². The minimum Gasteiger partial charge on any atom is -0.468 e. The van der Waals surface area contributed by atoms with Gasteiger partial charge in [-0.25, -0.2) is 0 Å². The predicted molar refractivity (Wildman–Crippen MR) is 102 cm³/mol. The molecule has 5 nitrogen and oxygen atoms in total. The molecule has 1 aromatic carbocycles. The van der Waals surface area contributed by atoms with Gasteiger partial charge in [0.05, 0.1) is 24.5 Å². The molecule has 1 aliphatic carbocycles. The topological polar surface area (TPSA) is 67.4 Å². The molecule has 134 valence electrons. The van der Waals surface area contributed by atoms with Crippen LogP contribution in [0.3, 0.4) is 0 Å². The summed E-state index contributed by atoms with van der Waals surface area (Å²) in [5.74, 6) is -1.49. The van der Waals surface area contributed by atoms with Crippen LogP contribution in [-0.2, 0) is 14.3 Å². The normalized spacial score (nSPS) is 24.7. The first-order valence-electron chi connectivity index (χ1n) is 8.61. The van der Waals surface area contributed by atoms with Crippen LogP contribution in [0.1, 0.15) is 24.3 Å². The van der Waals surface area contributed by atoms with Crippen molar-refractivity contribution < 1.29 is 14.3 Å². The van der Waals surface area contributed by atoms with Crippen molar-refractivity contribution in [3.05, 3.63) is 57.9 Å². The SMILES string of the molecule is COC(=O)[C@@H]1C(=O)C2=C(C[C@H]1C)Nc1ccccc1N[C@@H]2c1cccs1. The fourth-order valence-electron chi connectivity index (χ4n) is 3.80. The Labute approximate surface area is 156 Å². The molecule has 2 N–H and O–H groups in total. The van der Waals surface area contributed by atoms with Gasteiger partial charge in [0.2, 0.25) is 0 Å². The van der Waals surface area contributed by atoms with E-state index in [-0.39, 0.29) is 17.7 Å². The fraction of sp³-hybridized carbons (Fsp3) is 0.300. The second-order valence-corrected chi connectivity index (χ2v) is 7.68. The Kier molecular flexibility index (Phi) is 4.28. The van der Waals surface area contributed by atoms with Crippen molar-refractivity contribution >= 4 is 34.5 Å². The van der Waals surface area contributed by atoms with Gasteiger partial charge in [-0.15, -0.1) is 11.3 Å². The number of ketones is 1. The van der Waals surface area contributed by atoms with Gasteiger partial charge < -0.3 is 15.4 Å². The minimum atomic E-state index is -0.758. The molecular formula is C20H20N2O3S. The minimum absolute atomic E-state index is 0.115. The van der Waals surface area contributed by atoms with Crippen LogP contribution in [0.15, 0.2) is 53.0 Å². The number of nitrogens with one attached hydrogen (secondary N) is 2. The van der Waals surface area contributed by atoms with Gasteiger partial charge in [0.1, 0.15) is 5.92 Å². The van der Waals surface area contributed by atoms with Gasteiger partial charge in [0.25, 0.3) is 0 Å². The van der Waals surface area contributed by atoms with E-state index in [0.29, 0.717) is 12.0 Å². The van der Waals surface area contributed by atoms with Crippen LogP contribution < -0.4 is 10.6 Å². The van der Waals surface area contributed by atoms with E-state index >= 15 is 0 Å². The molecule has 6 heteroatoms. The molecule has 0 amide bonds. The summed E-state index contributed by atoms with van der Waals surface area (Å²) in [5.41, 5.74) is 3.40. The van der Waals surface area contributed by atoms with Gasteiger partial charge in [-0.2, -0.15) is 0 Å². The molecule has 3 atom stereocenters. The Hall–Kier alpha value is -2.60. The lowest BCUT2D eigenvalue weighted by molar-refractivity contribution is -0.151. The van der Waals surface area contributed by atoms with Gasteiger partial charge in [0.15, 0.2) is 5.78 Å². The highest BCUT2D eigenvalue weighted by atomic mass is 32.1. The van der Waals surface area contributed by atoms with E-state index in [4.69, 9.17) is 4.74 Å². The maximum absolute atomic E-state index is 13.3. The first kappa shape index (κ1) is 16.8. The van der Waals surface area contributed by atoms with Gasteiger partial charge in [-0.3, -0.25) is 9.59 Å². The molecule has 0 fully saturated rings. The molecule has 0 spiro atoms. The molecule has 2 aliphatic rings. The average Bonchev–Trinajstić information content (AvgIpc) is 3.10. The lowest BCUT2D eigenvalue weighted by atomic mass is 9.75. The molecule has 2 heterocycles. The summed E-state index contributed by atoms with van der Waals surface area (Å²) < 4.78 is 4.91. The number of allylic oxidation sites excluding steroid dienone is 1. The number of carbonyl (C=O) groups is 2. The number of thiophene rings is 1. The number of Topliss-reactive ketones (excluding diaryl/α,β-unsaturated/α-hetero) is 1. The third-order valence-electron chi connectivity index (χ3n) is 5.05. The van der Waals surface area contributed by atoms with Gasteiger partial charge in [0, 0.05) is 16.1 Å². The Morgan fingerprint density at radius 3 is 2.65 bits per heavy atom. The number of anilines is 2. The van der Waals surface area contributed by atoms with Crippen molar-refractivity contribution in [3.8, 4) is 0 Å². The molecule has 1 aliphatic heterocycles. The largest absolute Gasteiger partial charge is 0.468 e. The zero-order chi connectivity index (χ0) is 18.3. The van der Waals surface area contributed by atoms with E-state index in [1.54, 1.807) is 11.3 Å². The number of hydrogen-bond acceptors (Lipinski definition) is 6. The molecule has 26 heavy (non-hydrogen) atoms. The first-order valence-corrected chi connectivity index (χ1v) is 9.49. The maximum atomic E-state index is 13.3. The second kappa shape index (κ2) is 6.61. The molecule has 0 saturated carbocycles. The highest BCUT2D eigenvalue weighted by Gasteiger charge is 2.44. The van der Waals surface area contributed by atoms with Crippen molar-refractivity contribution in [2.24, 2.45) is 11.8 Å². The van der Waals surface area contributed by atoms with E-state index in [1.807, 2.05) is 48.7 Å². The van der Waals surface area contributed by atoms with Crippen molar-refractivity contribution in [2.75, 3.05) is 17.7 Å². The summed E-state index contributed by atoms with van der Waals surface area (Å²) in [7, 11) is 1.34. The van der Waals surface area contributed by atoms with E-state index in [9.17, 15) is 9.59 Å². The molecule has 1 aromatic heterocycles. The van der Waals surface area contributed by atoms with E-state index in [0.717, 1.165) is 21.9 Å². The molecule has 4 rings (SSSR count). The summed E-state index contributed by atoms with van der Waals surface area (Å²) >= 11 is 1.59. The fourth-order valence-corrected chi connectivity index (χ4v) is 4.59. The average molecular weight is 368 g/mol. The van der Waals surface area contributed by atoms with Crippen molar-refractivity contribution in [3.63, 3.8) is 0 Å².